The van der Waals surface area contributed by atoms with E-state index in [2.05, 4.69) is 10.5 Å². The highest BCUT2D eigenvalue weighted by Gasteiger charge is 2.18. The Morgan fingerprint density at radius 2 is 2.05 bits per heavy atom. The molecule has 0 aliphatic carbocycles. The van der Waals surface area contributed by atoms with Gasteiger partial charge in [-0.1, -0.05) is 13.8 Å². The molecule has 0 radical (unpaired) electrons. The van der Waals surface area contributed by atoms with Crippen LogP contribution in [-0.4, -0.2) is 16.1 Å². The zero-order valence-corrected chi connectivity index (χ0v) is 10.6. The minimum Gasteiger partial charge on any atom is -0.272 e. The normalized spacial score (nSPS) is 12.3. The van der Waals surface area contributed by atoms with E-state index in [-0.39, 0.29) is 23.0 Å². The molecule has 0 fully saturated rings. The molecule has 0 saturated carbocycles. The summed E-state index contributed by atoms with van der Waals surface area (Å²) in [6, 6.07) is 3.36. The molecule has 0 aliphatic heterocycles. The fourth-order valence-corrected chi connectivity index (χ4v) is 1.22. The number of nitrogens with zero attached hydrogens (tertiary/aromatic N) is 3. The number of nitro benzene ring substituents is 2. The van der Waals surface area contributed by atoms with Crippen LogP contribution >= 0.6 is 0 Å². The van der Waals surface area contributed by atoms with E-state index in [9.17, 15) is 20.2 Å². The van der Waals surface area contributed by atoms with Crippen molar-refractivity contribution in [3.05, 3.63) is 38.4 Å². The molecule has 8 nitrogen and oxygen atoms in total. The van der Waals surface area contributed by atoms with Crippen molar-refractivity contribution < 1.29 is 9.85 Å². The molecule has 8 heteroatoms. The minimum atomic E-state index is -0.686. The first-order valence-electron chi connectivity index (χ1n) is 5.67. The predicted molar refractivity (Wildman–Crippen MR) is 71.3 cm³/mol. The number of anilines is 1. The van der Waals surface area contributed by atoms with Gasteiger partial charge in [-0.25, -0.2) is 0 Å². The molecule has 0 amide bonds. The standard InChI is InChI=1S/C11H14N4O4/c1-3-8(2)7-12-13-10-5-4-9(14(16)17)6-11(10)15(18)19/h4-8,13H,3H2,1-2H3/b12-7+/t8-/m1/s1. The van der Waals surface area contributed by atoms with Crippen LogP contribution in [0.3, 0.4) is 0 Å². The maximum absolute atomic E-state index is 10.8. The first kappa shape index (κ1) is 14.6. The summed E-state index contributed by atoms with van der Waals surface area (Å²) in [5.41, 5.74) is 1.94. The van der Waals surface area contributed by atoms with E-state index in [0.717, 1.165) is 12.5 Å². The summed E-state index contributed by atoms with van der Waals surface area (Å²) in [4.78, 5) is 20.0. The zero-order chi connectivity index (χ0) is 14.4. The molecule has 1 rings (SSSR count). The third-order valence-corrected chi connectivity index (χ3v) is 2.55. The SMILES string of the molecule is CC[C@@H](C)/C=N/Nc1ccc([N+](=O)[O-])cc1[N+](=O)[O-]. The van der Waals surface area contributed by atoms with E-state index in [4.69, 9.17) is 0 Å². The minimum absolute atomic E-state index is 0.121. The molecule has 1 aromatic carbocycles. The lowest BCUT2D eigenvalue weighted by Crippen LogP contribution is -2.00. The predicted octanol–water partition coefficient (Wildman–Crippen LogP) is 2.95. The number of nitrogens with one attached hydrogen (secondary N) is 1. The number of hydrogen-bond acceptors (Lipinski definition) is 6. The fraction of sp³-hybridized carbons (Fsp3) is 0.364. The molecule has 0 aliphatic rings. The molecule has 19 heavy (non-hydrogen) atoms. The third-order valence-electron chi connectivity index (χ3n) is 2.55. The second-order valence-electron chi connectivity index (χ2n) is 3.99. The number of benzene rings is 1. The number of hydrazone groups is 1. The second kappa shape index (κ2) is 6.43. The van der Waals surface area contributed by atoms with Crippen LogP contribution in [0.5, 0.6) is 0 Å². The van der Waals surface area contributed by atoms with Crippen molar-refractivity contribution in [1.29, 1.82) is 0 Å². The first-order chi connectivity index (χ1) is 8.95. The molecule has 1 N–H and O–H groups in total. The number of nitro groups is 2. The van der Waals surface area contributed by atoms with Gasteiger partial charge in [-0.3, -0.25) is 25.7 Å². The second-order valence-corrected chi connectivity index (χ2v) is 3.99. The maximum atomic E-state index is 10.8. The molecule has 0 saturated heterocycles. The molecule has 1 aromatic rings. The van der Waals surface area contributed by atoms with Gasteiger partial charge in [0.1, 0.15) is 5.69 Å². The van der Waals surface area contributed by atoms with Gasteiger partial charge in [0.05, 0.1) is 15.9 Å². The molecule has 0 bridgehead atoms. The van der Waals surface area contributed by atoms with Crippen molar-refractivity contribution in [2.24, 2.45) is 11.0 Å². The maximum Gasteiger partial charge on any atom is 0.301 e. The van der Waals surface area contributed by atoms with Crippen LogP contribution in [-0.2, 0) is 0 Å². The van der Waals surface area contributed by atoms with Crippen LogP contribution in [0.25, 0.3) is 0 Å². The largest absolute Gasteiger partial charge is 0.301 e. The van der Waals surface area contributed by atoms with E-state index in [1.807, 2.05) is 13.8 Å². The highest BCUT2D eigenvalue weighted by atomic mass is 16.6. The van der Waals surface area contributed by atoms with Gasteiger partial charge in [-0.05, 0) is 18.4 Å². The van der Waals surface area contributed by atoms with Gasteiger partial charge in [-0.2, -0.15) is 5.10 Å². The van der Waals surface area contributed by atoms with Crippen molar-refractivity contribution in [2.45, 2.75) is 20.3 Å². The Balaban J connectivity index is 2.97. The molecule has 0 spiro atoms. The number of rotatable bonds is 6. The van der Waals surface area contributed by atoms with Gasteiger partial charge in [0.15, 0.2) is 0 Å². The van der Waals surface area contributed by atoms with E-state index >= 15 is 0 Å². The third kappa shape index (κ3) is 4.02. The van der Waals surface area contributed by atoms with E-state index < -0.39 is 9.85 Å². The average molecular weight is 266 g/mol. The Morgan fingerprint density at radius 3 is 2.58 bits per heavy atom. The van der Waals surface area contributed by atoms with E-state index in [1.165, 1.54) is 12.1 Å². The van der Waals surface area contributed by atoms with Gasteiger partial charge in [-0.15, -0.1) is 0 Å². The van der Waals surface area contributed by atoms with Crippen molar-refractivity contribution in [3.63, 3.8) is 0 Å². The molecule has 0 aromatic heterocycles. The van der Waals surface area contributed by atoms with Crippen LogP contribution in [0.4, 0.5) is 17.1 Å². The topological polar surface area (TPSA) is 111 Å². The fourth-order valence-electron chi connectivity index (χ4n) is 1.22. The summed E-state index contributed by atoms with van der Waals surface area (Å²) in [7, 11) is 0. The zero-order valence-electron chi connectivity index (χ0n) is 10.6. The Hall–Kier alpha value is -2.51. The van der Waals surface area contributed by atoms with Gasteiger partial charge >= 0.3 is 5.69 Å². The lowest BCUT2D eigenvalue weighted by Gasteiger charge is -2.03. The van der Waals surface area contributed by atoms with Crippen LogP contribution < -0.4 is 5.43 Å². The van der Waals surface area contributed by atoms with Crippen LogP contribution in [0, 0.1) is 26.1 Å². The molecule has 0 unspecified atom stereocenters. The number of non-ortho nitro benzene ring substituents is 1. The van der Waals surface area contributed by atoms with E-state index in [1.54, 1.807) is 6.21 Å². The molecular formula is C11H14N4O4. The van der Waals surface area contributed by atoms with Gasteiger partial charge < -0.3 is 0 Å². The average Bonchev–Trinajstić information content (AvgIpc) is 2.38. The highest BCUT2D eigenvalue weighted by molar-refractivity contribution is 5.68. The van der Waals surface area contributed by atoms with Crippen molar-refractivity contribution in [2.75, 3.05) is 5.43 Å². The van der Waals surface area contributed by atoms with Crippen molar-refractivity contribution in [1.82, 2.24) is 0 Å². The highest BCUT2D eigenvalue weighted by Crippen LogP contribution is 2.28. The molecule has 1 atom stereocenters. The Morgan fingerprint density at radius 1 is 1.37 bits per heavy atom. The van der Waals surface area contributed by atoms with E-state index in [0.29, 0.717) is 0 Å². The van der Waals surface area contributed by atoms with Gasteiger partial charge in [0.2, 0.25) is 0 Å². The summed E-state index contributed by atoms with van der Waals surface area (Å²) in [5, 5.41) is 25.3. The van der Waals surface area contributed by atoms with Gasteiger partial charge in [0.25, 0.3) is 5.69 Å². The monoisotopic (exact) mass is 266 g/mol. The van der Waals surface area contributed by atoms with Crippen LogP contribution in [0.15, 0.2) is 23.3 Å². The lowest BCUT2D eigenvalue weighted by molar-refractivity contribution is -0.393. The summed E-state index contributed by atoms with van der Waals surface area (Å²) in [6.07, 6.45) is 2.53. The lowest BCUT2D eigenvalue weighted by atomic mass is 10.1. The molecule has 0 heterocycles. The smallest absolute Gasteiger partial charge is 0.272 e. The summed E-state index contributed by atoms with van der Waals surface area (Å²) in [5.74, 6) is 0.240. The summed E-state index contributed by atoms with van der Waals surface area (Å²) in [6.45, 7) is 3.94. The number of hydrogen-bond donors (Lipinski definition) is 1. The Labute approximate surface area is 109 Å². The quantitative estimate of drug-likeness (QED) is 0.483. The van der Waals surface area contributed by atoms with Crippen LogP contribution in [0.2, 0.25) is 0 Å². The molecular weight excluding hydrogens is 252 g/mol. The van der Waals surface area contributed by atoms with Crippen molar-refractivity contribution in [3.8, 4) is 0 Å². The summed E-state index contributed by atoms with van der Waals surface area (Å²) < 4.78 is 0. The molecule has 102 valence electrons. The Bertz CT molecular complexity index is 515. The summed E-state index contributed by atoms with van der Waals surface area (Å²) >= 11 is 0. The first-order valence-corrected chi connectivity index (χ1v) is 5.67. The van der Waals surface area contributed by atoms with Gasteiger partial charge in [0, 0.05) is 12.3 Å². The van der Waals surface area contributed by atoms with Crippen molar-refractivity contribution >= 4 is 23.3 Å². The van der Waals surface area contributed by atoms with Crippen LogP contribution in [0.1, 0.15) is 20.3 Å². The Kier molecular flexibility index (Phi) is 4.92.